The van der Waals surface area contributed by atoms with Crippen molar-refractivity contribution in [2.24, 2.45) is 0 Å². The van der Waals surface area contributed by atoms with Gasteiger partial charge in [-0.3, -0.25) is 4.79 Å². The molecule has 1 amide bonds. The van der Waals surface area contributed by atoms with Gasteiger partial charge >= 0.3 is 0 Å². The number of nitrogens with one attached hydrogen (secondary N) is 1. The Morgan fingerprint density at radius 1 is 1.00 bits per heavy atom. The Labute approximate surface area is 192 Å². The Kier molecular flexibility index (Phi) is 7.37. The van der Waals surface area contributed by atoms with Crippen LogP contribution in [0.25, 0.3) is 0 Å². The molecule has 1 aliphatic rings. The number of sulfonamides is 2. The van der Waals surface area contributed by atoms with E-state index in [2.05, 4.69) is 0 Å². The van der Waals surface area contributed by atoms with Crippen LogP contribution in [0.15, 0.2) is 52.3 Å². The van der Waals surface area contributed by atoms with Gasteiger partial charge in [-0.15, -0.1) is 0 Å². The molecule has 11 heteroatoms. The number of amides is 1. The number of halogens is 1. The number of carbonyl (C=O) groups excluding carboxylic acids is 1. The number of carbonyl (C=O) groups is 1. The van der Waals surface area contributed by atoms with Gasteiger partial charge in [0.05, 0.1) is 20.4 Å². The van der Waals surface area contributed by atoms with E-state index in [9.17, 15) is 21.6 Å². The highest BCUT2D eigenvalue weighted by Gasteiger charge is 2.28. The molecule has 0 atom stereocenters. The molecule has 3 rings (SSSR count). The first-order chi connectivity index (χ1) is 14.5. The van der Waals surface area contributed by atoms with E-state index in [1.165, 1.54) is 28.6 Å². The van der Waals surface area contributed by atoms with E-state index in [-0.39, 0.29) is 26.3 Å². The first-order valence-corrected chi connectivity index (χ1v) is 14.0. The highest BCUT2D eigenvalue weighted by molar-refractivity contribution is 7.99. The highest BCUT2D eigenvalue weighted by Crippen LogP contribution is 2.25. The fraction of sp³-hybridized carbons (Fsp3) is 0.350. The van der Waals surface area contributed by atoms with Crippen LogP contribution in [0.1, 0.15) is 35.7 Å². The third kappa shape index (κ3) is 5.43. The van der Waals surface area contributed by atoms with Gasteiger partial charge in [-0.05, 0) is 41.8 Å². The van der Waals surface area contributed by atoms with Crippen LogP contribution in [-0.2, 0) is 20.0 Å². The van der Waals surface area contributed by atoms with Crippen molar-refractivity contribution in [3.8, 4) is 0 Å². The zero-order chi connectivity index (χ0) is 22.8. The Morgan fingerprint density at radius 2 is 1.58 bits per heavy atom. The van der Waals surface area contributed by atoms with Gasteiger partial charge in [0.25, 0.3) is 15.9 Å². The first-order valence-electron chi connectivity index (χ1n) is 9.57. The molecule has 0 aliphatic carbocycles. The lowest BCUT2D eigenvalue weighted by Gasteiger charge is -2.25. The maximum atomic E-state index is 12.9. The third-order valence-corrected chi connectivity index (χ3v) is 9.39. The Hall–Kier alpha value is -1.59. The van der Waals surface area contributed by atoms with Crippen molar-refractivity contribution in [3.05, 3.63) is 58.6 Å². The molecule has 1 aliphatic heterocycles. The molecule has 0 radical (unpaired) electrons. The van der Waals surface area contributed by atoms with Crippen LogP contribution in [0.3, 0.4) is 0 Å². The summed E-state index contributed by atoms with van der Waals surface area (Å²) in [5, 5.41) is -0.0454. The smallest absolute Gasteiger partial charge is 0.266 e. The maximum Gasteiger partial charge on any atom is 0.266 e. The average Bonchev–Trinajstić information content (AvgIpc) is 2.74. The Bertz CT molecular complexity index is 1170. The molecular formula is C20H23ClN2O5S3. The van der Waals surface area contributed by atoms with Gasteiger partial charge in [0.2, 0.25) is 10.0 Å². The summed E-state index contributed by atoms with van der Waals surface area (Å²) in [6.45, 7) is 4.71. The van der Waals surface area contributed by atoms with Crippen molar-refractivity contribution >= 4 is 49.3 Å². The van der Waals surface area contributed by atoms with Crippen molar-refractivity contribution in [1.82, 2.24) is 9.03 Å². The van der Waals surface area contributed by atoms with Gasteiger partial charge in [-0.1, -0.05) is 37.6 Å². The number of benzene rings is 2. The van der Waals surface area contributed by atoms with Crippen LogP contribution < -0.4 is 4.72 Å². The van der Waals surface area contributed by atoms with Crippen molar-refractivity contribution in [2.75, 3.05) is 24.6 Å². The normalized spacial score (nSPS) is 15.7. The van der Waals surface area contributed by atoms with E-state index in [1.54, 1.807) is 23.9 Å². The average molecular weight is 503 g/mol. The van der Waals surface area contributed by atoms with Crippen LogP contribution in [0, 0.1) is 0 Å². The molecule has 0 aromatic heterocycles. The van der Waals surface area contributed by atoms with Gasteiger partial charge < -0.3 is 0 Å². The second kappa shape index (κ2) is 9.50. The summed E-state index contributed by atoms with van der Waals surface area (Å²) in [5.41, 5.74) is 0.735. The second-order valence-electron chi connectivity index (χ2n) is 7.32. The summed E-state index contributed by atoms with van der Waals surface area (Å²) >= 11 is 7.76. The van der Waals surface area contributed by atoms with Gasteiger partial charge in [-0.25, -0.2) is 21.6 Å². The minimum Gasteiger partial charge on any atom is -0.268 e. The molecule has 0 saturated carbocycles. The van der Waals surface area contributed by atoms with E-state index in [1.807, 2.05) is 18.6 Å². The van der Waals surface area contributed by atoms with Crippen LogP contribution in [0.5, 0.6) is 0 Å². The fourth-order valence-electron chi connectivity index (χ4n) is 3.04. The SMILES string of the molecule is CC(C)c1ccc(S(=O)(=O)NC(=O)c2cc(S(=O)(=O)N3CCSCC3)ccc2Cl)cc1. The number of rotatable bonds is 6. The zero-order valence-corrected chi connectivity index (χ0v) is 20.2. The minimum atomic E-state index is -4.16. The molecule has 1 saturated heterocycles. The van der Waals surface area contributed by atoms with Gasteiger partial charge in [0, 0.05) is 24.6 Å². The fourth-order valence-corrected chi connectivity index (χ4v) is 6.81. The lowest BCUT2D eigenvalue weighted by atomic mass is 10.0. The lowest BCUT2D eigenvalue weighted by molar-refractivity contribution is 0.0981. The van der Waals surface area contributed by atoms with Crippen molar-refractivity contribution in [1.29, 1.82) is 0 Å². The third-order valence-electron chi connectivity index (χ3n) is 4.87. The molecule has 0 unspecified atom stereocenters. The molecular weight excluding hydrogens is 480 g/mol. The second-order valence-corrected chi connectivity index (χ2v) is 12.6. The predicted octanol–water partition coefficient (Wildman–Crippen LogP) is 3.32. The summed E-state index contributed by atoms with van der Waals surface area (Å²) in [4.78, 5) is 12.5. The summed E-state index contributed by atoms with van der Waals surface area (Å²) in [5.74, 6) is 0.611. The molecule has 0 spiro atoms. The monoisotopic (exact) mass is 502 g/mol. The summed E-state index contributed by atoms with van der Waals surface area (Å²) in [6, 6.07) is 9.92. The summed E-state index contributed by atoms with van der Waals surface area (Å²) < 4.78 is 54.4. The first kappa shape index (κ1) is 24.1. The van der Waals surface area contributed by atoms with E-state index in [4.69, 9.17) is 11.6 Å². The quantitative estimate of drug-likeness (QED) is 0.650. The highest BCUT2D eigenvalue weighted by atomic mass is 35.5. The Morgan fingerprint density at radius 3 is 2.16 bits per heavy atom. The molecule has 7 nitrogen and oxygen atoms in total. The van der Waals surface area contributed by atoms with E-state index in [0.29, 0.717) is 24.6 Å². The van der Waals surface area contributed by atoms with Crippen molar-refractivity contribution in [2.45, 2.75) is 29.6 Å². The number of hydrogen-bond donors (Lipinski definition) is 1. The van der Waals surface area contributed by atoms with Crippen molar-refractivity contribution < 1.29 is 21.6 Å². The van der Waals surface area contributed by atoms with Crippen LogP contribution in [0.2, 0.25) is 5.02 Å². The summed E-state index contributed by atoms with van der Waals surface area (Å²) in [7, 11) is -7.97. The molecule has 31 heavy (non-hydrogen) atoms. The molecule has 1 heterocycles. The molecule has 1 fully saturated rings. The van der Waals surface area contributed by atoms with Gasteiger partial charge in [0.1, 0.15) is 0 Å². The molecule has 168 valence electrons. The van der Waals surface area contributed by atoms with Crippen molar-refractivity contribution in [3.63, 3.8) is 0 Å². The van der Waals surface area contributed by atoms with E-state index >= 15 is 0 Å². The van der Waals surface area contributed by atoms with Crippen LogP contribution >= 0.6 is 23.4 Å². The molecule has 1 N–H and O–H groups in total. The predicted molar refractivity (Wildman–Crippen MR) is 123 cm³/mol. The van der Waals surface area contributed by atoms with E-state index < -0.39 is 26.0 Å². The number of thioether (sulfide) groups is 1. The zero-order valence-electron chi connectivity index (χ0n) is 17.0. The minimum absolute atomic E-state index is 0.0454. The Balaban J connectivity index is 1.86. The summed E-state index contributed by atoms with van der Waals surface area (Å²) in [6.07, 6.45) is 0. The van der Waals surface area contributed by atoms with Gasteiger partial charge in [0.15, 0.2) is 0 Å². The van der Waals surface area contributed by atoms with E-state index in [0.717, 1.165) is 11.6 Å². The topological polar surface area (TPSA) is 101 Å². The number of hydrogen-bond acceptors (Lipinski definition) is 6. The van der Waals surface area contributed by atoms with Crippen LogP contribution in [0.4, 0.5) is 0 Å². The largest absolute Gasteiger partial charge is 0.268 e. The lowest BCUT2D eigenvalue weighted by Crippen LogP contribution is -2.38. The standard InChI is InChI=1S/C20H23ClN2O5S3/c1-14(2)15-3-5-16(6-4-15)30(25,26)22-20(24)18-13-17(7-8-19(18)21)31(27,28)23-9-11-29-12-10-23/h3-8,13-14H,9-12H2,1-2H3,(H,22,24). The maximum absolute atomic E-state index is 12.9. The van der Waals surface area contributed by atoms with Crippen LogP contribution in [-0.4, -0.2) is 51.6 Å². The number of nitrogens with zero attached hydrogens (tertiary/aromatic N) is 1. The molecule has 0 bridgehead atoms. The molecule has 2 aromatic rings. The molecule has 2 aromatic carbocycles. The van der Waals surface area contributed by atoms with Gasteiger partial charge in [-0.2, -0.15) is 16.1 Å².